The Kier molecular flexibility index (Phi) is 3.24. The van der Waals surface area contributed by atoms with E-state index in [1.54, 1.807) is 6.92 Å². The first-order chi connectivity index (χ1) is 6.97. The molecule has 0 bridgehead atoms. The first-order valence-corrected chi connectivity index (χ1v) is 4.82. The average molecular weight is 210 g/mol. The van der Waals surface area contributed by atoms with E-state index in [9.17, 15) is 9.59 Å². The number of aryl methyl sites for hydroxylation is 1. The monoisotopic (exact) mass is 210 g/mol. The lowest BCUT2D eigenvalue weighted by Gasteiger charge is -2.08. The minimum absolute atomic E-state index is 0.0986. The summed E-state index contributed by atoms with van der Waals surface area (Å²) in [4.78, 5) is 22.4. The molecule has 5 nitrogen and oxygen atoms in total. The highest BCUT2D eigenvalue weighted by Crippen LogP contribution is 2.10. The molecule has 15 heavy (non-hydrogen) atoms. The number of carboxylic acid groups (broad SMARTS) is 1. The Bertz CT molecular complexity index is 435. The second-order valence-electron chi connectivity index (χ2n) is 3.56. The van der Waals surface area contributed by atoms with Crippen LogP contribution in [0.15, 0.2) is 10.9 Å². The van der Waals surface area contributed by atoms with E-state index in [0.717, 1.165) is 0 Å². The lowest BCUT2D eigenvalue weighted by atomic mass is 10.1. The van der Waals surface area contributed by atoms with Crippen LogP contribution in [-0.2, 0) is 6.54 Å². The number of aromatic carboxylic acids is 1. The Labute approximate surface area is 87.4 Å². The predicted octanol–water partition coefficient (Wildman–Crippen LogP) is 1.08. The molecule has 0 radical (unpaired) electrons. The van der Waals surface area contributed by atoms with Crippen molar-refractivity contribution in [3.63, 3.8) is 0 Å². The molecule has 0 saturated carbocycles. The molecular weight excluding hydrogens is 196 g/mol. The van der Waals surface area contributed by atoms with Gasteiger partial charge in [-0.1, -0.05) is 13.8 Å². The molecule has 1 N–H and O–H groups in total. The van der Waals surface area contributed by atoms with Gasteiger partial charge in [-0.2, -0.15) is 5.10 Å². The quantitative estimate of drug-likeness (QED) is 0.810. The highest BCUT2D eigenvalue weighted by Gasteiger charge is 2.14. The molecule has 0 aromatic carbocycles. The number of aromatic nitrogens is 2. The van der Waals surface area contributed by atoms with Crippen LogP contribution in [0, 0.1) is 0 Å². The van der Waals surface area contributed by atoms with Gasteiger partial charge in [0.2, 0.25) is 0 Å². The third-order valence-electron chi connectivity index (χ3n) is 2.11. The van der Waals surface area contributed by atoms with Gasteiger partial charge in [0.25, 0.3) is 5.56 Å². The zero-order chi connectivity index (χ0) is 11.6. The van der Waals surface area contributed by atoms with Gasteiger partial charge < -0.3 is 5.11 Å². The SMILES string of the molecule is CCn1nc(C(C)C)cc(C(=O)O)c1=O. The van der Waals surface area contributed by atoms with Crippen molar-refractivity contribution in [3.05, 3.63) is 27.7 Å². The molecule has 0 aliphatic carbocycles. The van der Waals surface area contributed by atoms with Gasteiger partial charge in [-0.3, -0.25) is 4.79 Å². The highest BCUT2D eigenvalue weighted by atomic mass is 16.4. The van der Waals surface area contributed by atoms with E-state index in [1.807, 2.05) is 13.8 Å². The maximum atomic E-state index is 11.5. The molecule has 0 atom stereocenters. The minimum atomic E-state index is -1.20. The fourth-order valence-corrected chi connectivity index (χ4v) is 1.21. The average Bonchev–Trinajstić information content (AvgIpc) is 2.17. The van der Waals surface area contributed by atoms with Gasteiger partial charge >= 0.3 is 5.97 Å². The van der Waals surface area contributed by atoms with E-state index < -0.39 is 11.5 Å². The standard InChI is InChI=1S/C10H14N2O3/c1-4-12-9(13)7(10(14)15)5-8(11-12)6(2)3/h5-6H,4H2,1-3H3,(H,14,15). The van der Waals surface area contributed by atoms with E-state index in [1.165, 1.54) is 10.7 Å². The first kappa shape index (κ1) is 11.4. The molecule has 0 aliphatic rings. The predicted molar refractivity (Wildman–Crippen MR) is 55.2 cm³/mol. The van der Waals surface area contributed by atoms with Crippen molar-refractivity contribution < 1.29 is 9.90 Å². The number of carboxylic acids is 1. The van der Waals surface area contributed by atoms with Gasteiger partial charge in [-0.05, 0) is 18.9 Å². The molecule has 0 aliphatic heterocycles. The molecule has 82 valence electrons. The van der Waals surface area contributed by atoms with Crippen molar-refractivity contribution in [3.8, 4) is 0 Å². The van der Waals surface area contributed by atoms with Crippen molar-refractivity contribution in [1.29, 1.82) is 0 Å². The van der Waals surface area contributed by atoms with E-state index in [4.69, 9.17) is 5.11 Å². The van der Waals surface area contributed by atoms with Crippen LogP contribution in [0.25, 0.3) is 0 Å². The number of rotatable bonds is 3. The summed E-state index contributed by atoms with van der Waals surface area (Å²) < 4.78 is 1.18. The molecule has 1 aromatic heterocycles. The van der Waals surface area contributed by atoms with Crippen LogP contribution in [-0.4, -0.2) is 20.9 Å². The van der Waals surface area contributed by atoms with Crippen LogP contribution in [0.4, 0.5) is 0 Å². The molecule has 0 amide bonds. The molecule has 5 heteroatoms. The third-order valence-corrected chi connectivity index (χ3v) is 2.11. The first-order valence-electron chi connectivity index (χ1n) is 4.82. The van der Waals surface area contributed by atoms with Gasteiger partial charge in [-0.25, -0.2) is 9.48 Å². The van der Waals surface area contributed by atoms with E-state index in [0.29, 0.717) is 12.2 Å². The van der Waals surface area contributed by atoms with Crippen LogP contribution in [0.3, 0.4) is 0 Å². The molecule has 1 heterocycles. The Hall–Kier alpha value is -1.65. The van der Waals surface area contributed by atoms with Crippen LogP contribution < -0.4 is 5.56 Å². The van der Waals surface area contributed by atoms with E-state index >= 15 is 0 Å². The normalized spacial score (nSPS) is 10.7. The van der Waals surface area contributed by atoms with Crippen molar-refractivity contribution in [2.24, 2.45) is 0 Å². The van der Waals surface area contributed by atoms with Gasteiger partial charge in [-0.15, -0.1) is 0 Å². The summed E-state index contributed by atoms with van der Waals surface area (Å²) in [5.74, 6) is -1.10. The van der Waals surface area contributed by atoms with Crippen molar-refractivity contribution in [1.82, 2.24) is 9.78 Å². The van der Waals surface area contributed by atoms with Gasteiger partial charge in [0.05, 0.1) is 5.69 Å². The Balaban J connectivity index is 3.45. The largest absolute Gasteiger partial charge is 0.477 e. The van der Waals surface area contributed by atoms with Crippen molar-refractivity contribution >= 4 is 5.97 Å². The summed E-state index contributed by atoms with van der Waals surface area (Å²) in [5.41, 5.74) is -0.140. The molecular formula is C10H14N2O3. The van der Waals surface area contributed by atoms with E-state index in [-0.39, 0.29) is 11.5 Å². The number of nitrogens with zero attached hydrogens (tertiary/aromatic N) is 2. The van der Waals surface area contributed by atoms with E-state index in [2.05, 4.69) is 5.10 Å². The van der Waals surface area contributed by atoms with Crippen molar-refractivity contribution in [2.75, 3.05) is 0 Å². The second-order valence-corrected chi connectivity index (χ2v) is 3.56. The maximum Gasteiger partial charge on any atom is 0.341 e. The van der Waals surface area contributed by atoms with Crippen molar-refractivity contribution in [2.45, 2.75) is 33.2 Å². The second kappa shape index (κ2) is 4.25. The maximum absolute atomic E-state index is 11.5. The topological polar surface area (TPSA) is 72.2 Å². The van der Waals surface area contributed by atoms with Gasteiger partial charge in [0.15, 0.2) is 0 Å². The lowest BCUT2D eigenvalue weighted by Crippen LogP contribution is -2.29. The lowest BCUT2D eigenvalue weighted by molar-refractivity contribution is 0.0693. The molecule has 1 aromatic rings. The fourth-order valence-electron chi connectivity index (χ4n) is 1.21. The summed E-state index contributed by atoms with van der Waals surface area (Å²) in [6.07, 6.45) is 0. The fraction of sp³-hybridized carbons (Fsp3) is 0.500. The van der Waals surface area contributed by atoms with Crippen LogP contribution in [0.2, 0.25) is 0 Å². The summed E-state index contributed by atoms with van der Waals surface area (Å²) >= 11 is 0. The molecule has 1 rings (SSSR count). The zero-order valence-corrected chi connectivity index (χ0v) is 9.02. The zero-order valence-electron chi connectivity index (χ0n) is 9.02. The molecule has 0 fully saturated rings. The molecule has 0 saturated heterocycles. The Morgan fingerprint density at radius 3 is 2.60 bits per heavy atom. The minimum Gasteiger partial charge on any atom is -0.477 e. The van der Waals surface area contributed by atoms with Crippen LogP contribution in [0.5, 0.6) is 0 Å². The summed E-state index contributed by atoms with van der Waals surface area (Å²) in [6.45, 7) is 5.93. The summed E-state index contributed by atoms with van der Waals surface area (Å²) in [7, 11) is 0. The van der Waals surface area contributed by atoms with Crippen LogP contribution >= 0.6 is 0 Å². The summed E-state index contributed by atoms with van der Waals surface area (Å²) in [5, 5.41) is 12.9. The number of hydrogen-bond acceptors (Lipinski definition) is 3. The van der Waals surface area contributed by atoms with Gasteiger partial charge in [0, 0.05) is 6.54 Å². The van der Waals surface area contributed by atoms with Crippen LogP contribution in [0.1, 0.15) is 42.7 Å². The summed E-state index contributed by atoms with van der Waals surface area (Å²) in [6, 6.07) is 1.35. The molecule has 0 spiro atoms. The Morgan fingerprint density at radius 1 is 1.60 bits per heavy atom. The molecule has 0 unspecified atom stereocenters. The highest BCUT2D eigenvalue weighted by molar-refractivity contribution is 5.87. The van der Waals surface area contributed by atoms with Gasteiger partial charge in [0.1, 0.15) is 5.56 Å². The smallest absolute Gasteiger partial charge is 0.341 e. The third kappa shape index (κ3) is 2.23. The Morgan fingerprint density at radius 2 is 2.20 bits per heavy atom. The number of hydrogen-bond donors (Lipinski definition) is 1. The number of carbonyl (C=O) groups is 1.